The van der Waals surface area contributed by atoms with Crippen LogP contribution in [0.5, 0.6) is 0 Å². The molecule has 0 radical (unpaired) electrons. The molecule has 0 saturated carbocycles. The molecule has 2 amide bonds. The lowest BCUT2D eigenvalue weighted by Gasteiger charge is -2.19. The van der Waals surface area contributed by atoms with Gasteiger partial charge in [-0.05, 0) is 26.8 Å². The van der Waals surface area contributed by atoms with Crippen molar-refractivity contribution in [2.75, 3.05) is 26.2 Å². The second-order valence-electron chi connectivity index (χ2n) is 4.02. The van der Waals surface area contributed by atoms with Gasteiger partial charge in [0.15, 0.2) is 0 Å². The SMILES string of the molecule is CC(C)NC(=O)C(=O)N1CCCNCC1. The van der Waals surface area contributed by atoms with Gasteiger partial charge in [0.25, 0.3) is 0 Å². The van der Waals surface area contributed by atoms with Gasteiger partial charge >= 0.3 is 11.8 Å². The van der Waals surface area contributed by atoms with Crippen LogP contribution in [0.2, 0.25) is 0 Å². The van der Waals surface area contributed by atoms with Crippen molar-refractivity contribution >= 4 is 11.8 Å². The maximum absolute atomic E-state index is 11.7. The van der Waals surface area contributed by atoms with E-state index in [1.165, 1.54) is 0 Å². The van der Waals surface area contributed by atoms with Crippen LogP contribution in [0, 0.1) is 0 Å². The Morgan fingerprint density at radius 1 is 1.27 bits per heavy atom. The summed E-state index contributed by atoms with van der Waals surface area (Å²) >= 11 is 0. The predicted molar refractivity (Wildman–Crippen MR) is 57.3 cm³/mol. The fourth-order valence-corrected chi connectivity index (χ4v) is 1.52. The smallest absolute Gasteiger partial charge is 0.311 e. The lowest BCUT2D eigenvalue weighted by Crippen LogP contribution is -2.46. The molecule has 15 heavy (non-hydrogen) atoms. The van der Waals surface area contributed by atoms with Crippen LogP contribution in [0.25, 0.3) is 0 Å². The Balaban J connectivity index is 2.46. The summed E-state index contributed by atoms with van der Waals surface area (Å²) < 4.78 is 0. The zero-order valence-electron chi connectivity index (χ0n) is 9.38. The maximum Gasteiger partial charge on any atom is 0.311 e. The minimum absolute atomic E-state index is 0.00607. The van der Waals surface area contributed by atoms with Gasteiger partial charge < -0.3 is 15.5 Å². The molecule has 2 N–H and O–H groups in total. The van der Waals surface area contributed by atoms with E-state index in [0.717, 1.165) is 19.5 Å². The summed E-state index contributed by atoms with van der Waals surface area (Å²) in [7, 11) is 0. The number of rotatable bonds is 1. The number of nitrogens with one attached hydrogen (secondary N) is 2. The summed E-state index contributed by atoms with van der Waals surface area (Å²) in [5.41, 5.74) is 0. The fourth-order valence-electron chi connectivity index (χ4n) is 1.52. The average molecular weight is 213 g/mol. The first-order valence-electron chi connectivity index (χ1n) is 5.41. The van der Waals surface area contributed by atoms with Gasteiger partial charge in [-0.1, -0.05) is 0 Å². The molecule has 1 fully saturated rings. The van der Waals surface area contributed by atoms with E-state index in [9.17, 15) is 9.59 Å². The average Bonchev–Trinajstić information content (AvgIpc) is 2.43. The van der Waals surface area contributed by atoms with Gasteiger partial charge in [-0.3, -0.25) is 9.59 Å². The molecule has 0 atom stereocenters. The second-order valence-corrected chi connectivity index (χ2v) is 4.02. The maximum atomic E-state index is 11.7. The topological polar surface area (TPSA) is 61.4 Å². The zero-order chi connectivity index (χ0) is 11.3. The highest BCUT2D eigenvalue weighted by atomic mass is 16.2. The minimum Gasteiger partial charge on any atom is -0.346 e. The molecule has 0 aromatic heterocycles. The minimum atomic E-state index is -0.494. The van der Waals surface area contributed by atoms with Gasteiger partial charge in [0.05, 0.1) is 0 Å². The van der Waals surface area contributed by atoms with Crippen molar-refractivity contribution in [3.05, 3.63) is 0 Å². The van der Waals surface area contributed by atoms with Crippen molar-refractivity contribution in [2.24, 2.45) is 0 Å². The summed E-state index contributed by atoms with van der Waals surface area (Å²) in [5, 5.41) is 5.80. The fraction of sp³-hybridized carbons (Fsp3) is 0.800. The van der Waals surface area contributed by atoms with Gasteiger partial charge in [0, 0.05) is 25.7 Å². The molecule has 1 aliphatic rings. The van der Waals surface area contributed by atoms with Crippen molar-refractivity contribution < 1.29 is 9.59 Å². The third kappa shape index (κ3) is 3.87. The Kier molecular flexibility index (Phi) is 4.55. The van der Waals surface area contributed by atoms with Gasteiger partial charge in [-0.2, -0.15) is 0 Å². The molecule has 5 nitrogen and oxygen atoms in total. The monoisotopic (exact) mass is 213 g/mol. The van der Waals surface area contributed by atoms with Crippen molar-refractivity contribution in [2.45, 2.75) is 26.3 Å². The third-order valence-electron chi connectivity index (χ3n) is 2.24. The van der Waals surface area contributed by atoms with Crippen LogP contribution in [-0.2, 0) is 9.59 Å². The Morgan fingerprint density at radius 3 is 2.67 bits per heavy atom. The van der Waals surface area contributed by atoms with Gasteiger partial charge in [-0.25, -0.2) is 0 Å². The van der Waals surface area contributed by atoms with Gasteiger partial charge in [-0.15, -0.1) is 0 Å². The first-order valence-corrected chi connectivity index (χ1v) is 5.41. The van der Waals surface area contributed by atoms with E-state index in [1.54, 1.807) is 4.90 Å². The van der Waals surface area contributed by atoms with Crippen LogP contribution < -0.4 is 10.6 Å². The quantitative estimate of drug-likeness (QED) is 0.568. The molecule has 86 valence electrons. The van der Waals surface area contributed by atoms with Crippen LogP contribution in [0.3, 0.4) is 0 Å². The van der Waals surface area contributed by atoms with Gasteiger partial charge in [0.1, 0.15) is 0 Å². The van der Waals surface area contributed by atoms with Crippen LogP contribution in [0.1, 0.15) is 20.3 Å². The molecular formula is C10H19N3O2. The number of hydrogen-bond donors (Lipinski definition) is 2. The molecule has 5 heteroatoms. The molecule has 1 heterocycles. The molecule has 0 aromatic carbocycles. The molecule has 0 bridgehead atoms. The van der Waals surface area contributed by atoms with E-state index in [2.05, 4.69) is 10.6 Å². The van der Waals surface area contributed by atoms with Crippen molar-refractivity contribution in [1.82, 2.24) is 15.5 Å². The highest BCUT2D eigenvalue weighted by molar-refractivity contribution is 6.35. The Labute approximate surface area is 90.2 Å². The van der Waals surface area contributed by atoms with E-state index in [1.807, 2.05) is 13.8 Å². The molecular weight excluding hydrogens is 194 g/mol. The second kappa shape index (κ2) is 5.70. The standard InChI is InChI=1S/C10H19N3O2/c1-8(2)12-9(14)10(15)13-6-3-4-11-5-7-13/h8,11H,3-7H2,1-2H3,(H,12,14). The Morgan fingerprint density at radius 2 is 2.00 bits per heavy atom. The van der Waals surface area contributed by atoms with E-state index < -0.39 is 11.8 Å². The van der Waals surface area contributed by atoms with Crippen LogP contribution >= 0.6 is 0 Å². The van der Waals surface area contributed by atoms with Crippen molar-refractivity contribution in [3.8, 4) is 0 Å². The molecule has 0 spiro atoms. The molecule has 1 rings (SSSR count). The number of amides is 2. The number of nitrogens with zero attached hydrogens (tertiary/aromatic N) is 1. The van der Waals surface area contributed by atoms with E-state index in [0.29, 0.717) is 13.1 Å². The lowest BCUT2D eigenvalue weighted by atomic mass is 10.3. The Bertz CT molecular complexity index is 233. The third-order valence-corrected chi connectivity index (χ3v) is 2.24. The summed E-state index contributed by atoms with van der Waals surface area (Å²) in [6.45, 7) is 6.64. The number of carbonyl (C=O) groups is 2. The molecule has 1 aliphatic heterocycles. The van der Waals surface area contributed by atoms with E-state index >= 15 is 0 Å². The molecule has 0 aliphatic carbocycles. The summed E-state index contributed by atoms with van der Waals surface area (Å²) in [5.74, 6) is -0.903. The van der Waals surface area contributed by atoms with Crippen LogP contribution in [-0.4, -0.2) is 48.9 Å². The molecule has 0 unspecified atom stereocenters. The summed E-state index contributed by atoms with van der Waals surface area (Å²) in [6, 6.07) is 0.00607. The highest BCUT2D eigenvalue weighted by Crippen LogP contribution is 1.96. The predicted octanol–water partition coefficient (Wildman–Crippen LogP) is -0.667. The summed E-state index contributed by atoms with van der Waals surface area (Å²) in [4.78, 5) is 24.7. The van der Waals surface area contributed by atoms with Crippen molar-refractivity contribution in [3.63, 3.8) is 0 Å². The van der Waals surface area contributed by atoms with Crippen LogP contribution in [0.4, 0.5) is 0 Å². The van der Waals surface area contributed by atoms with E-state index in [4.69, 9.17) is 0 Å². The zero-order valence-corrected chi connectivity index (χ0v) is 9.38. The van der Waals surface area contributed by atoms with E-state index in [-0.39, 0.29) is 6.04 Å². The number of hydrogen-bond acceptors (Lipinski definition) is 3. The van der Waals surface area contributed by atoms with Crippen molar-refractivity contribution in [1.29, 1.82) is 0 Å². The number of carbonyl (C=O) groups excluding carboxylic acids is 2. The highest BCUT2D eigenvalue weighted by Gasteiger charge is 2.22. The normalized spacial score (nSPS) is 17.4. The van der Waals surface area contributed by atoms with Gasteiger partial charge in [0.2, 0.25) is 0 Å². The first-order chi connectivity index (χ1) is 7.11. The Hall–Kier alpha value is -1.10. The van der Waals surface area contributed by atoms with Crippen LogP contribution in [0.15, 0.2) is 0 Å². The summed E-state index contributed by atoms with van der Waals surface area (Å²) in [6.07, 6.45) is 0.903. The largest absolute Gasteiger partial charge is 0.346 e. The lowest BCUT2D eigenvalue weighted by molar-refractivity contribution is -0.146. The molecule has 0 aromatic rings. The first kappa shape index (κ1) is 12.0. The molecule has 1 saturated heterocycles.